The maximum atomic E-state index is 13.2. The van der Waals surface area contributed by atoms with Gasteiger partial charge in [0.2, 0.25) is 5.91 Å². The number of rotatable bonds is 6. The number of carbonyl (C=O) groups is 1. The van der Waals surface area contributed by atoms with Gasteiger partial charge < -0.3 is 10.6 Å². The van der Waals surface area contributed by atoms with Crippen molar-refractivity contribution in [2.24, 2.45) is 0 Å². The number of nitrogens with zero attached hydrogens (tertiary/aromatic N) is 2. The molecular formula is C27H22N4O2S. The Bertz CT molecular complexity index is 1510. The Balaban J connectivity index is 1.31. The van der Waals surface area contributed by atoms with Gasteiger partial charge in [0, 0.05) is 28.0 Å². The second-order valence-corrected chi connectivity index (χ2v) is 8.85. The average Bonchev–Trinajstić information content (AvgIpc) is 3.28. The highest BCUT2D eigenvalue weighted by Gasteiger charge is 2.15. The summed E-state index contributed by atoms with van der Waals surface area (Å²) in [5, 5.41) is 8.64. The van der Waals surface area contributed by atoms with Crippen LogP contribution < -0.4 is 16.2 Å². The lowest BCUT2D eigenvalue weighted by Crippen LogP contribution is -2.27. The molecule has 0 unspecified atom stereocenters. The Morgan fingerprint density at radius 3 is 2.32 bits per heavy atom. The molecule has 5 rings (SSSR count). The first-order valence-electron chi connectivity index (χ1n) is 10.8. The van der Waals surface area contributed by atoms with E-state index in [1.165, 1.54) is 22.2 Å². The van der Waals surface area contributed by atoms with Crippen molar-refractivity contribution in [1.29, 1.82) is 0 Å². The SMILES string of the molecule is Cc1ccc(-c2csc3ncn(CC(=O)Nc4ccc(Nc5ccccc5)cc4)c(=O)c23)cc1. The van der Waals surface area contributed by atoms with Gasteiger partial charge in [-0.3, -0.25) is 14.2 Å². The highest BCUT2D eigenvalue weighted by molar-refractivity contribution is 7.17. The van der Waals surface area contributed by atoms with Crippen molar-refractivity contribution in [2.45, 2.75) is 13.5 Å². The van der Waals surface area contributed by atoms with Gasteiger partial charge in [0.05, 0.1) is 11.7 Å². The Morgan fingerprint density at radius 1 is 0.912 bits per heavy atom. The van der Waals surface area contributed by atoms with E-state index < -0.39 is 0 Å². The van der Waals surface area contributed by atoms with Crippen LogP contribution in [-0.2, 0) is 11.3 Å². The summed E-state index contributed by atoms with van der Waals surface area (Å²) < 4.78 is 1.35. The molecule has 3 aromatic carbocycles. The Kier molecular flexibility index (Phi) is 5.93. The molecule has 0 bridgehead atoms. The second kappa shape index (κ2) is 9.33. The lowest BCUT2D eigenvalue weighted by atomic mass is 10.1. The molecule has 0 radical (unpaired) electrons. The van der Waals surface area contributed by atoms with Crippen LogP contribution in [0.4, 0.5) is 17.1 Å². The number of para-hydroxylation sites is 1. The molecule has 0 aliphatic rings. The minimum absolute atomic E-state index is 0.116. The van der Waals surface area contributed by atoms with E-state index in [9.17, 15) is 9.59 Å². The normalized spacial score (nSPS) is 10.9. The molecule has 0 fully saturated rings. The van der Waals surface area contributed by atoms with Gasteiger partial charge in [-0.05, 0) is 48.9 Å². The number of hydrogen-bond donors (Lipinski definition) is 2. The smallest absolute Gasteiger partial charge is 0.263 e. The van der Waals surface area contributed by atoms with E-state index in [0.29, 0.717) is 15.9 Å². The summed E-state index contributed by atoms with van der Waals surface area (Å²) in [5.41, 5.74) is 5.28. The lowest BCUT2D eigenvalue weighted by molar-refractivity contribution is -0.116. The molecule has 2 aromatic heterocycles. The number of aryl methyl sites for hydroxylation is 1. The first-order valence-corrected chi connectivity index (χ1v) is 11.7. The van der Waals surface area contributed by atoms with Crippen LogP contribution in [0.5, 0.6) is 0 Å². The maximum absolute atomic E-state index is 13.2. The van der Waals surface area contributed by atoms with Crippen LogP contribution in [0, 0.1) is 6.92 Å². The standard InChI is InChI=1S/C27H22N4O2S/c1-18-7-9-19(10-8-18)23-16-34-26-25(23)27(33)31(17-28-26)15-24(32)30-22-13-11-21(12-14-22)29-20-5-3-2-4-6-20/h2-14,16-17,29H,15H2,1H3,(H,30,32). The van der Waals surface area contributed by atoms with Gasteiger partial charge in [0.15, 0.2) is 0 Å². The Hall–Kier alpha value is -4.23. The molecule has 0 spiro atoms. The zero-order valence-corrected chi connectivity index (χ0v) is 19.3. The van der Waals surface area contributed by atoms with E-state index in [4.69, 9.17) is 0 Å². The summed E-state index contributed by atoms with van der Waals surface area (Å²) in [4.78, 5) is 30.9. The first-order chi connectivity index (χ1) is 16.6. The van der Waals surface area contributed by atoms with Gasteiger partial charge in [-0.25, -0.2) is 4.98 Å². The monoisotopic (exact) mass is 466 g/mol. The van der Waals surface area contributed by atoms with Crippen molar-refractivity contribution in [3.63, 3.8) is 0 Å². The fraction of sp³-hybridized carbons (Fsp3) is 0.0741. The molecule has 168 valence electrons. The van der Waals surface area contributed by atoms with Crippen molar-refractivity contribution in [3.05, 3.63) is 106 Å². The van der Waals surface area contributed by atoms with E-state index in [1.54, 1.807) is 0 Å². The quantitative estimate of drug-likeness (QED) is 0.331. The van der Waals surface area contributed by atoms with Crippen LogP contribution >= 0.6 is 11.3 Å². The van der Waals surface area contributed by atoms with Crippen molar-refractivity contribution in [2.75, 3.05) is 10.6 Å². The van der Waals surface area contributed by atoms with Gasteiger partial charge >= 0.3 is 0 Å². The molecule has 0 aliphatic carbocycles. The largest absolute Gasteiger partial charge is 0.356 e. The van der Waals surface area contributed by atoms with Crippen molar-refractivity contribution in [3.8, 4) is 11.1 Å². The molecule has 2 heterocycles. The van der Waals surface area contributed by atoms with Gasteiger partial charge in [0.25, 0.3) is 5.56 Å². The molecule has 7 heteroatoms. The van der Waals surface area contributed by atoms with E-state index in [2.05, 4.69) is 15.6 Å². The Labute approximate surface area is 200 Å². The third kappa shape index (κ3) is 4.60. The lowest BCUT2D eigenvalue weighted by Gasteiger charge is -2.10. The topological polar surface area (TPSA) is 76.0 Å². The number of hydrogen-bond acceptors (Lipinski definition) is 5. The van der Waals surface area contributed by atoms with E-state index in [0.717, 1.165) is 28.1 Å². The summed E-state index contributed by atoms with van der Waals surface area (Å²) in [6, 6.07) is 25.3. The predicted octanol–water partition coefficient (Wildman–Crippen LogP) is 5.82. The number of benzene rings is 3. The van der Waals surface area contributed by atoms with Crippen LogP contribution in [0.25, 0.3) is 21.3 Å². The summed E-state index contributed by atoms with van der Waals surface area (Å²) in [7, 11) is 0. The summed E-state index contributed by atoms with van der Waals surface area (Å²) in [6.45, 7) is 1.91. The minimum atomic E-state index is -0.292. The first kappa shape index (κ1) is 21.6. The van der Waals surface area contributed by atoms with E-state index in [-0.39, 0.29) is 18.0 Å². The van der Waals surface area contributed by atoms with Crippen LogP contribution in [0.3, 0.4) is 0 Å². The molecule has 2 N–H and O–H groups in total. The van der Waals surface area contributed by atoms with E-state index in [1.807, 2.05) is 91.2 Å². The van der Waals surface area contributed by atoms with Crippen molar-refractivity contribution in [1.82, 2.24) is 9.55 Å². The minimum Gasteiger partial charge on any atom is -0.356 e. The van der Waals surface area contributed by atoms with Crippen LogP contribution in [0.1, 0.15) is 5.56 Å². The molecule has 0 saturated heterocycles. The molecule has 0 aliphatic heterocycles. The van der Waals surface area contributed by atoms with E-state index >= 15 is 0 Å². The summed E-state index contributed by atoms with van der Waals surface area (Å²) in [5.74, 6) is -0.292. The highest BCUT2D eigenvalue weighted by atomic mass is 32.1. The van der Waals surface area contributed by atoms with Gasteiger partial charge in [-0.15, -0.1) is 11.3 Å². The second-order valence-electron chi connectivity index (χ2n) is 7.99. The maximum Gasteiger partial charge on any atom is 0.263 e. The third-order valence-electron chi connectivity index (χ3n) is 5.47. The predicted molar refractivity (Wildman–Crippen MR) is 139 cm³/mol. The average molecular weight is 467 g/mol. The van der Waals surface area contributed by atoms with Crippen molar-refractivity contribution >= 4 is 44.5 Å². The zero-order valence-electron chi connectivity index (χ0n) is 18.5. The Morgan fingerprint density at radius 2 is 1.59 bits per heavy atom. The third-order valence-corrected chi connectivity index (χ3v) is 6.35. The molecule has 0 atom stereocenters. The molecule has 5 aromatic rings. The fourth-order valence-electron chi connectivity index (χ4n) is 3.71. The number of thiophene rings is 1. The van der Waals surface area contributed by atoms with Crippen LogP contribution in [0.2, 0.25) is 0 Å². The highest BCUT2D eigenvalue weighted by Crippen LogP contribution is 2.30. The van der Waals surface area contributed by atoms with Crippen molar-refractivity contribution < 1.29 is 4.79 Å². The molecule has 1 amide bonds. The summed E-state index contributed by atoms with van der Waals surface area (Å²) >= 11 is 1.43. The summed E-state index contributed by atoms with van der Waals surface area (Å²) in [6.07, 6.45) is 1.44. The number of nitrogens with one attached hydrogen (secondary N) is 2. The molecule has 0 saturated carbocycles. The van der Waals surface area contributed by atoms with Crippen LogP contribution in [-0.4, -0.2) is 15.5 Å². The zero-order chi connectivity index (χ0) is 23.5. The van der Waals surface area contributed by atoms with Crippen LogP contribution in [0.15, 0.2) is 95.4 Å². The number of fused-ring (bicyclic) bond motifs is 1. The van der Waals surface area contributed by atoms with Gasteiger partial charge in [0.1, 0.15) is 11.4 Å². The van der Waals surface area contributed by atoms with Gasteiger partial charge in [-0.2, -0.15) is 0 Å². The molecular weight excluding hydrogens is 444 g/mol. The fourth-order valence-corrected chi connectivity index (χ4v) is 4.61. The van der Waals surface area contributed by atoms with Gasteiger partial charge in [-0.1, -0.05) is 48.0 Å². The molecule has 34 heavy (non-hydrogen) atoms. The number of amides is 1. The molecule has 6 nitrogen and oxygen atoms in total. The number of carbonyl (C=O) groups excluding carboxylic acids is 1. The number of aromatic nitrogens is 2. The number of anilines is 3.